The van der Waals surface area contributed by atoms with Gasteiger partial charge in [-0.05, 0) is 44.9 Å². The van der Waals surface area contributed by atoms with Crippen LogP contribution in [0, 0.1) is 17.2 Å². The van der Waals surface area contributed by atoms with Gasteiger partial charge in [0, 0.05) is 29.9 Å². The minimum Gasteiger partial charge on any atom is -0.481 e. The van der Waals surface area contributed by atoms with E-state index in [4.69, 9.17) is 0 Å². The molecule has 2 aromatic rings. The van der Waals surface area contributed by atoms with Crippen LogP contribution in [0.25, 0.3) is 10.8 Å². The normalized spacial score (nSPS) is 17.5. The van der Waals surface area contributed by atoms with Crippen molar-refractivity contribution in [2.24, 2.45) is 5.92 Å². The Kier molecular flexibility index (Phi) is 4.75. The molecule has 1 aliphatic rings. The van der Waals surface area contributed by atoms with Gasteiger partial charge in [-0.3, -0.25) is 4.79 Å². The Labute approximate surface area is 147 Å². The van der Waals surface area contributed by atoms with Gasteiger partial charge < -0.3 is 15.3 Å². The average Bonchev–Trinajstić information content (AvgIpc) is 2.61. The van der Waals surface area contributed by atoms with Gasteiger partial charge in [-0.2, -0.15) is 5.26 Å². The zero-order valence-electron chi connectivity index (χ0n) is 14.5. The number of hydrogen-bond acceptors (Lipinski definition) is 5. The highest BCUT2D eigenvalue weighted by molar-refractivity contribution is 6.01. The Balaban J connectivity index is 2.07. The molecule has 2 N–H and O–H groups in total. The van der Waals surface area contributed by atoms with Crippen LogP contribution in [0.15, 0.2) is 24.4 Å². The van der Waals surface area contributed by atoms with Gasteiger partial charge in [0.25, 0.3) is 0 Å². The van der Waals surface area contributed by atoms with Crippen molar-refractivity contribution in [2.75, 3.05) is 23.3 Å². The predicted octanol–water partition coefficient (Wildman–Crippen LogP) is 3.23. The molecule has 6 nitrogen and oxygen atoms in total. The van der Waals surface area contributed by atoms with E-state index in [9.17, 15) is 15.2 Å². The van der Waals surface area contributed by atoms with Crippen molar-refractivity contribution in [3.8, 4) is 6.07 Å². The highest BCUT2D eigenvalue weighted by Crippen LogP contribution is 2.33. The molecule has 2 heterocycles. The van der Waals surface area contributed by atoms with Gasteiger partial charge in [0.05, 0.1) is 29.4 Å². The Bertz CT molecular complexity index is 841. The third-order valence-electron chi connectivity index (χ3n) is 4.51. The summed E-state index contributed by atoms with van der Waals surface area (Å²) in [6.45, 7) is 5.36. The van der Waals surface area contributed by atoms with E-state index in [2.05, 4.69) is 35.1 Å². The molecule has 130 valence electrons. The number of rotatable bonds is 4. The number of hydrogen-bond donors (Lipinski definition) is 2. The Morgan fingerprint density at radius 2 is 2.24 bits per heavy atom. The van der Waals surface area contributed by atoms with Crippen molar-refractivity contribution in [2.45, 2.75) is 32.7 Å². The number of fused-ring (bicyclic) bond motifs is 1. The Hall–Kier alpha value is -2.81. The maximum atomic E-state index is 11.4. The number of aromatic nitrogens is 1. The van der Waals surface area contributed by atoms with Crippen LogP contribution >= 0.6 is 0 Å². The maximum Gasteiger partial charge on any atom is 0.308 e. The molecule has 1 saturated heterocycles. The number of nitrogens with zero attached hydrogens (tertiary/aromatic N) is 3. The van der Waals surface area contributed by atoms with E-state index in [1.807, 2.05) is 12.1 Å². The predicted molar refractivity (Wildman–Crippen MR) is 97.8 cm³/mol. The number of carboxylic acids is 1. The van der Waals surface area contributed by atoms with E-state index < -0.39 is 5.97 Å². The van der Waals surface area contributed by atoms with Crippen LogP contribution in [-0.2, 0) is 4.79 Å². The molecule has 0 radical (unpaired) electrons. The van der Waals surface area contributed by atoms with Crippen LogP contribution in [0.2, 0.25) is 0 Å². The first-order valence-electron chi connectivity index (χ1n) is 8.56. The molecule has 1 aliphatic heterocycles. The summed E-state index contributed by atoms with van der Waals surface area (Å²) >= 11 is 0. The van der Waals surface area contributed by atoms with Crippen LogP contribution in [0.1, 0.15) is 32.3 Å². The highest BCUT2D eigenvalue weighted by Gasteiger charge is 2.27. The number of pyridine rings is 1. The van der Waals surface area contributed by atoms with E-state index in [0.29, 0.717) is 18.5 Å². The second-order valence-corrected chi connectivity index (χ2v) is 6.79. The summed E-state index contributed by atoms with van der Waals surface area (Å²) in [5.74, 6) is -0.323. The second-order valence-electron chi connectivity index (χ2n) is 6.79. The van der Waals surface area contributed by atoms with E-state index >= 15 is 0 Å². The number of aliphatic carboxylic acids is 1. The van der Waals surface area contributed by atoms with Gasteiger partial charge in [-0.1, -0.05) is 0 Å². The minimum absolute atomic E-state index is 0.243. The van der Waals surface area contributed by atoms with Crippen molar-refractivity contribution in [1.82, 2.24) is 4.98 Å². The van der Waals surface area contributed by atoms with Crippen LogP contribution in [0.5, 0.6) is 0 Å². The van der Waals surface area contributed by atoms with Gasteiger partial charge in [-0.15, -0.1) is 0 Å². The smallest absolute Gasteiger partial charge is 0.308 e. The van der Waals surface area contributed by atoms with E-state index in [1.165, 1.54) is 0 Å². The summed E-state index contributed by atoms with van der Waals surface area (Å²) in [6.07, 6.45) is 3.32. The lowest BCUT2D eigenvalue weighted by atomic mass is 9.97. The SMILES string of the molecule is CC(C)Nc1cnc(N2CCCC(C(=O)O)C2)c2ccc(C#N)cc12. The first-order chi connectivity index (χ1) is 12.0. The molecule has 1 aromatic carbocycles. The molecule has 0 spiro atoms. The topological polar surface area (TPSA) is 89.2 Å². The summed E-state index contributed by atoms with van der Waals surface area (Å²) in [7, 11) is 0. The summed E-state index contributed by atoms with van der Waals surface area (Å²) in [5.41, 5.74) is 1.48. The first-order valence-corrected chi connectivity index (χ1v) is 8.56. The lowest BCUT2D eigenvalue weighted by Gasteiger charge is -2.32. The van der Waals surface area contributed by atoms with E-state index in [0.717, 1.165) is 35.2 Å². The fourth-order valence-electron chi connectivity index (χ4n) is 3.35. The molecule has 0 saturated carbocycles. The highest BCUT2D eigenvalue weighted by atomic mass is 16.4. The molecular weight excluding hydrogens is 316 g/mol. The maximum absolute atomic E-state index is 11.4. The summed E-state index contributed by atoms with van der Waals surface area (Å²) in [5, 5.41) is 23.8. The number of nitrogens with one attached hydrogen (secondary N) is 1. The first kappa shape index (κ1) is 17.0. The van der Waals surface area contributed by atoms with Gasteiger partial charge in [0.15, 0.2) is 0 Å². The number of piperidine rings is 1. The Morgan fingerprint density at radius 1 is 1.44 bits per heavy atom. The van der Waals surface area contributed by atoms with Crippen molar-refractivity contribution < 1.29 is 9.90 Å². The fraction of sp³-hybridized carbons (Fsp3) is 0.421. The van der Waals surface area contributed by atoms with Crippen molar-refractivity contribution in [3.63, 3.8) is 0 Å². The van der Waals surface area contributed by atoms with Crippen LogP contribution in [-0.4, -0.2) is 35.2 Å². The summed E-state index contributed by atoms with van der Waals surface area (Å²) in [6, 6.07) is 7.98. The number of benzene rings is 1. The molecule has 1 atom stereocenters. The minimum atomic E-state index is -0.751. The molecule has 25 heavy (non-hydrogen) atoms. The lowest BCUT2D eigenvalue weighted by molar-refractivity contribution is -0.141. The fourth-order valence-corrected chi connectivity index (χ4v) is 3.35. The summed E-state index contributed by atoms with van der Waals surface area (Å²) < 4.78 is 0. The molecule has 1 unspecified atom stereocenters. The third-order valence-corrected chi connectivity index (χ3v) is 4.51. The van der Waals surface area contributed by atoms with Crippen molar-refractivity contribution in [1.29, 1.82) is 5.26 Å². The molecule has 0 bridgehead atoms. The summed E-state index contributed by atoms with van der Waals surface area (Å²) in [4.78, 5) is 18.0. The molecule has 0 aliphatic carbocycles. The van der Waals surface area contributed by atoms with Gasteiger partial charge in [0.2, 0.25) is 0 Å². The zero-order chi connectivity index (χ0) is 18.0. The van der Waals surface area contributed by atoms with E-state index in [1.54, 1.807) is 12.3 Å². The zero-order valence-corrected chi connectivity index (χ0v) is 14.5. The quantitative estimate of drug-likeness (QED) is 0.890. The molecule has 6 heteroatoms. The lowest BCUT2D eigenvalue weighted by Crippen LogP contribution is -2.39. The van der Waals surface area contributed by atoms with Crippen molar-refractivity contribution in [3.05, 3.63) is 30.0 Å². The largest absolute Gasteiger partial charge is 0.481 e. The molecular formula is C19H22N4O2. The monoisotopic (exact) mass is 338 g/mol. The Morgan fingerprint density at radius 3 is 2.92 bits per heavy atom. The number of anilines is 2. The average molecular weight is 338 g/mol. The molecule has 1 fully saturated rings. The molecule has 1 aromatic heterocycles. The van der Waals surface area contributed by atoms with E-state index in [-0.39, 0.29) is 12.0 Å². The molecule has 0 amide bonds. The molecule has 3 rings (SSSR count). The van der Waals surface area contributed by atoms with Gasteiger partial charge in [-0.25, -0.2) is 4.98 Å². The van der Waals surface area contributed by atoms with Crippen LogP contribution in [0.4, 0.5) is 11.5 Å². The van der Waals surface area contributed by atoms with Crippen molar-refractivity contribution >= 4 is 28.2 Å². The third kappa shape index (κ3) is 3.50. The standard InChI is InChI=1S/C19H22N4O2/c1-12(2)22-17-10-21-18(15-6-5-13(9-20)8-16(15)17)23-7-3-4-14(11-23)19(24)25/h5-6,8,10,12,14,22H,3-4,7,11H2,1-2H3,(H,24,25). The number of carbonyl (C=O) groups is 1. The van der Waals surface area contributed by atoms with Crippen LogP contribution in [0.3, 0.4) is 0 Å². The second kappa shape index (κ2) is 6.98. The number of nitriles is 1. The van der Waals surface area contributed by atoms with Gasteiger partial charge >= 0.3 is 5.97 Å². The van der Waals surface area contributed by atoms with Crippen LogP contribution < -0.4 is 10.2 Å². The number of carboxylic acid groups (broad SMARTS) is 1. The van der Waals surface area contributed by atoms with Gasteiger partial charge in [0.1, 0.15) is 5.82 Å².